The second-order valence-corrected chi connectivity index (χ2v) is 6.17. The van der Waals surface area contributed by atoms with Gasteiger partial charge >= 0.3 is 0 Å². The molecule has 3 nitrogen and oxygen atoms in total. The highest BCUT2D eigenvalue weighted by Crippen LogP contribution is 2.30. The molecule has 0 aliphatic rings. The Morgan fingerprint density at radius 3 is 2.70 bits per heavy atom. The van der Waals surface area contributed by atoms with Crippen LogP contribution in [0.3, 0.4) is 0 Å². The number of benzene rings is 1. The zero-order valence-corrected chi connectivity index (χ0v) is 12.7. The molecule has 2 aromatic rings. The van der Waals surface area contributed by atoms with Gasteiger partial charge in [-0.15, -0.1) is 0 Å². The van der Waals surface area contributed by atoms with Gasteiger partial charge in [0, 0.05) is 13.6 Å². The molecule has 0 radical (unpaired) electrons. The molecule has 1 N–H and O–H groups in total. The molecule has 5 heteroatoms. The third-order valence-corrected chi connectivity index (χ3v) is 4.21. The highest BCUT2D eigenvalue weighted by Gasteiger charge is 2.16. The number of aliphatic hydroxyl groups excluding tert-OH is 1. The van der Waals surface area contributed by atoms with E-state index in [1.54, 1.807) is 6.07 Å². The van der Waals surface area contributed by atoms with Gasteiger partial charge in [0.15, 0.2) is 5.13 Å². The van der Waals surface area contributed by atoms with E-state index in [1.807, 2.05) is 18.0 Å². The van der Waals surface area contributed by atoms with E-state index in [2.05, 4.69) is 18.8 Å². The van der Waals surface area contributed by atoms with Crippen LogP contribution in [-0.2, 0) is 13.2 Å². The number of nitrogens with zero attached hydrogens (tertiary/aromatic N) is 2. The zero-order chi connectivity index (χ0) is 14.7. The molecule has 2 rings (SSSR count). The Balaban J connectivity index is 2.19. The van der Waals surface area contributed by atoms with Crippen molar-refractivity contribution in [2.45, 2.75) is 32.9 Å². The molecule has 1 aromatic carbocycles. The molecule has 0 spiro atoms. The summed E-state index contributed by atoms with van der Waals surface area (Å²) in [6, 6.07) is 6.57. The third kappa shape index (κ3) is 3.35. The summed E-state index contributed by atoms with van der Waals surface area (Å²) in [7, 11) is 1.93. The summed E-state index contributed by atoms with van der Waals surface area (Å²) in [6.45, 7) is 4.72. The maximum atomic E-state index is 13.2. The largest absolute Gasteiger partial charge is 0.391 e. The van der Waals surface area contributed by atoms with Crippen LogP contribution in [-0.4, -0.2) is 17.1 Å². The average molecular weight is 294 g/mol. The van der Waals surface area contributed by atoms with E-state index in [-0.39, 0.29) is 18.3 Å². The standard InChI is InChI=1S/C15H19FN2OS/c1-10(2)14-13(9-19)20-15(17-14)18(3)8-11-5-4-6-12(16)7-11/h4-7,10,19H,8-9H2,1-3H3. The van der Waals surface area contributed by atoms with Crippen molar-refractivity contribution in [2.75, 3.05) is 11.9 Å². The van der Waals surface area contributed by atoms with Crippen LogP contribution < -0.4 is 4.90 Å². The van der Waals surface area contributed by atoms with Gasteiger partial charge in [0.25, 0.3) is 0 Å². The first-order chi connectivity index (χ1) is 9.51. The number of hydrogen-bond donors (Lipinski definition) is 1. The zero-order valence-electron chi connectivity index (χ0n) is 11.9. The monoisotopic (exact) mass is 294 g/mol. The van der Waals surface area contributed by atoms with Crippen LogP contribution >= 0.6 is 11.3 Å². The first-order valence-corrected chi connectivity index (χ1v) is 7.39. The highest BCUT2D eigenvalue weighted by molar-refractivity contribution is 7.15. The number of halogens is 1. The molecule has 0 bridgehead atoms. The number of rotatable bonds is 5. The lowest BCUT2D eigenvalue weighted by Gasteiger charge is -2.15. The number of thiazole rings is 1. The molecule has 0 saturated carbocycles. The van der Waals surface area contributed by atoms with Gasteiger partial charge in [-0.3, -0.25) is 0 Å². The van der Waals surface area contributed by atoms with Crippen molar-refractivity contribution in [1.82, 2.24) is 4.98 Å². The molecular formula is C15H19FN2OS. The molecule has 0 aliphatic carbocycles. The summed E-state index contributed by atoms with van der Waals surface area (Å²) >= 11 is 1.49. The normalized spacial score (nSPS) is 11.1. The van der Waals surface area contributed by atoms with Gasteiger partial charge in [-0.1, -0.05) is 37.3 Å². The topological polar surface area (TPSA) is 36.4 Å². The number of anilines is 1. The number of aromatic nitrogens is 1. The van der Waals surface area contributed by atoms with Crippen molar-refractivity contribution < 1.29 is 9.50 Å². The predicted octanol–water partition coefficient (Wildman–Crippen LogP) is 3.53. The molecule has 108 valence electrons. The maximum Gasteiger partial charge on any atom is 0.185 e. The number of hydrogen-bond acceptors (Lipinski definition) is 4. The fourth-order valence-corrected chi connectivity index (χ4v) is 3.09. The minimum Gasteiger partial charge on any atom is -0.391 e. The first kappa shape index (κ1) is 14.9. The molecule has 0 saturated heterocycles. The molecule has 0 unspecified atom stereocenters. The van der Waals surface area contributed by atoms with Crippen LogP contribution in [0.1, 0.15) is 35.9 Å². The van der Waals surface area contributed by atoms with Gasteiger partial charge in [0.1, 0.15) is 5.82 Å². The van der Waals surface area contributed by atoms with Crippen molar-refractivity contribution >= 4 is 16.5 Å². The molecule has 0 atom stereocenters. The molecule has 0 amide bonds. The Bertz CT molecular complexity index is 583. The van der Waals surface area contributed by atoms with E-state index in [1.165, 1.54) is 23.5 Å². The maximum absolute atomic E-state index is 13.2. The summed E-state index contributed by atoms with van der Waals surface area (Å²) < 4.78 is 13.2. The van der Waals surface area contributed by atoms with E-state index in [4.69, 9.17) is 0 Å². The lowest BCUT2D eigenvalue weighted by molar-refractivity contribution is 0.283. The second-order valence-electron chi connectivity index (χ2n) is 5.10. The quantitative estimate of drug-likeness (QED) is 0.916. The van der Waals surface area contributed by atoms with E-state index in [0.29, 0.717) is 6.54 Å². The Labute approximate surface area is 122 Å². The average Bonchev–Trinajstić information content (AvgIpc) is 2.83. The van der Waals surface area contributed by atoms with E-state index in [0.717, 1.165) is 21.3 Å². The van der Waals surface area contributed by atoms with E-state index in [9.17, 15) is 9.50 Å². The van der Waals surface area contributed by atoms with Crippen molar-refractivity contribution in [3.63, 3.8) is 0 Å². The molecule has 1 aromatic heterocycles. The fraction of sp³-hybridized carbons (Fsp3) is 0.400. The summed E-state index contributed by atoms with van der Waals surface area (Å²) in [6.07, 6.45) is 0. The first-order valence-electron chi connectivity index (χ1n) is 6.57. The molecule has 1 heterocycles. The second kappa shape index (κ2) is 6.33. The summed E-state index contributed by atoms with van der Waals surface area (Å²) in [5.41, 5.74) is 1.85. The summed E-state index contributed by atoms with van der Waals surface area (Å²) in [5, 5.41) is 10.2. The van der Waals surface area contributed by atoms with Crippen molar-refractivity contribution in [3.8, 4) is 0 Å². The third-order valence-electron chi connectivity index (χ3n) is 3.04. The molecule has 0 aliphatic heterocycles. The van der Waals surface area contributed by atoms with Crippen LogP contribution in [0.15, 0.2) is 24.3 Å². The summed E-state index contributed by atoms with van der Waals surface area (Å²) in [4.78, 5) is 7.47. The van der Waals surface area contributed by atoms with Crippen molar-refractivity contribution in [2.24, 2.45) is 0 Å². The minimum atomic E-state index is -0.228. The van der Waals surface area contributed by atoms with Crippen LogP contribution in [0.2, 0.25) is 0 Å². The Morgan fingerprint density at radius 2 is 2.15 bits per heavy atom. The Hall–Kier alpha value is -1.46. The van der Waals surface area contributed by atoms with Gasteiger partial charge in [0.05, 0.1) is 17.2 Å². The van der Waals surface area contributed by atoms with Crippen LogP contribution in [0.5, 0.6) is 0 Å². The predicted molar refractivity (Wildman–Crippen MR) is 80.6 cm³/mol. The van der Waals surface area contributed by atoms with Crippen LogP contribution in [0.4, 0.5) is 9.52 Å². The van der Waals surface area contributed by atoms with Crippen molar-refractivity contribution in [3.05, 3.63) is 46.2 Å². The van der Waals surface area contributed by atoms with Gasteiger partial charge in [-0.25, -0.2) is 9.37 Å². The lowest BCUT2D eigenvalue weighted by atomic mass is 10.1. The fourth-order valence-electron chi connectivity index (χ4n) is 2.06. The van der Waals surface area contributed by atoms with E-state index >= 15 is 0 Å². The Kier molecular flexibility index (Phi) is 4.73. The van der Waals surface area contributed by atoms with Gasteiger partial charge in [-0.2, -0.15) is 0 Å². The summed E-state index contributed by atoms with van der Waals surface area (Å²) in [5.74, 6) is 0.0543. The van der Waals surface area contributed by atoms with Gasteiger partial charge in [-0.05, 0) is 23.6 Å². The highest BCUT2D eigenvalue weighted by atomic mass is 32.1. The van der Waals surface area contributed by atoms with E-state index < -0.39 is 0 Å². The van der Waals surface area contributed by atoms with Gasteiger partial charge < -0.3 is 10.0 Å². The number of aliphatic hydroxyl groups is 1. The Morgan fingerprint density at radius 1 is 1.40 bits per heavy atom. The lowest BCUT2D eigenvalue weighted by Crippen LogP contribution is -2.16. The van der Waals surface area contributed by atoms with Gasteiger partial charge in [0.2, 0.25) is 0 Å². The van der Waals surface area contributed by atoms with Crippen LogP contribution in [0.25, 0.3) is 0 Å². The van der Waals surface area contributed by atoms with Crippen molar-refractivity contribution in [1.29, 1.82) is 0 Å². The molecular weight excluding hydrogens is 275 g/mol. The SMILES string of the molecule is CC(C)c1nc(N(C)Cc2cccc(F)c2)sc1CO. The molecule has 20 heavy (non-hydrogen) atoms. The molecule has 0 fully saturated rings. The van der Waals surface area contributed by atoms with Crippen LogP contribution in [0, 0.1) is 5.82 Å². The minimum absolute atomic E-state index is 0.0129. The smallest absolute Gasteiger partial charge is 0.185 e.